The van der Waals surface area contributed by atoms with E-state index >= 15 is 0 Å². The Balaban J connectivity index is -0.000000320. The summed E-state index contributed by atoms with van der Waals surface area (Å²) in [6.45, 7) is 2.76. The number of nitrogens with one attached hydrogen (secondary N) is 2. The molecule has 8 N–H and O–H groups in total. The number of nitrogens with zero attached hydrogens (tertiary/aromatic N) is 2. The van der Waals surface area contributed by atoms with E-state index < -0.39 is 0 Å². The van der Waals surface area contributed by atoms with Crippen molar-refractivity contribution < 1.29 is 0 Å². The Morgan fingerprint density at radius 2 is 1.93 bits per heavy atom. The lowest BCUT2D eigenvalue weighted by molar-refractivity contribution is 0.804. The summed E-state index contributed by atoms with van der Waals surface area (Å²) >= 11 is 0. The minimum absolute atomic E-state index is 0. The zero-order valence-electron chi connectivity index (χ0n) is 8.56. The zero-order chi connectivity index (χ0) is 11.4. The lowest BCUT2D eigenvalue weighted by Gasteiger charge is -2.00. The van der Waals surface area contributed by atoms with Gasteiger partial charge in [-0.05, 0) is 6.42 Å². The van der Waals surface area contributed by atoms with Crippen molar-refractivity contribution in [1.82, 2.24) is 5.32 Å². The third-order valence-electron chi connectivity index (χ3n) is 1.06. The Morgan fingerprint density at radius 3 is 2.27 bits per heavy atom. The van der Waals surface area contributed by atoms with Crippen LogP contribution in [0.4, 0.5) is 0 Å². The van der Waals surface area contributed by atoms with Gasteiger partial charge in [0.2, 0.25) is 0 Å². The maximum Gasteiger partial charge on any atom is 0.195 e. The topological polar surface area (TPSA) is 156 Å². The smallest absolute Gasteiger partial charge is 0.195 e. The molecule has 0 aromatic heterocycles. The summed E-state index contributed by atoms with van der Waals surface area (Å²) in [5.41, 5.74) is 10.3. The molecule has 0 aromatic carbocycles. The van der Waals surface area contributed by atoms with Gasteiger partial charge in [-0.15, -0.1) is 17.3 Å². The van der Waals surface area contributed by atoms with E-state index in [-0.39, 0.29) is 24.3 Å². The molecule has 0 atom stereocenters. The maximum absolute atomic E-state index is 8.33. The summed E-state index contributed by atoms with van der Waals surface area (Å²) in [4.78, 5) is 12.2. The molecule has 0 heterocycles. The fourth-order valence-corrected chi connectivity index (χ4v) is 0.535. The summed E-state index contributed by atoms with van der Waals surface area (Å²) in [5, 5.41) is 11.0. The summed E-state index contributed by atoms with van der Waals surface area (Å²) < 4.78 is 0. The Hall–Kier alpha value is -1.57. The number of halogens is 1. The van der Waals surface area contributed by atoms with Crippen molar-refractivity contribution in [1.29, 1.82) is 5.41 Å². The summed E-state index contributed by atoms with van der Waals surface area (Å²) in [5.74, 6) is 3.95. The fourth-order valence-electron chi connectivity index (χ4n) is 0.535. The molecule has 9 heteroatoms. The van der Waals surface area contributed by atoms with E-state index in [9.17, 15) is 0 Å². The largest absolute Gasteiger partial charge is 0.370 e. The van der Waals surface area contributed by atoms with Crippen LogP contribution in [0.15, 0.2) is 10.3 Å². The van der Waals surface area contributed by atoms with Gasteiger partial charge in [0, 0.05) is 11.8 Å². The lowest BCUT2D eigenvalue weighted by atomic mass is 10.3. The van der Waals surface area contributed by atoms with Crippen LogP contribution in [0, 0.1) is 10.3 Å². The maximum atomic E-state index is 8.33. The highest BCUT2D eigenvalue weighted by atomic mass is 35.5. The monoisotopic (exact) mass is 239 g/mol. The predicted octanol–water partition coefficient (Wildman–Crippen LogP) is -0.367. The molecular formula is C6H18ClN7O. The first-order chi connectivity index (χ1) is 6.58. The molecule has 0 saturated heterocycles. The number of hydrogen-bond donors (Lipinski definition) is 5. The van der Waals surface area contributed by atoms with Gasteiger partial charge in [0.15, 0.2) is 11.9 Å². The van der Waals surface area contributed by atoms with Crippen LogP contribution in [0.5, 0.6) is 0 Å². The third-order valence-corrected chi connectivity index (χ3v) is 1.06. The molecule has 0 amide bonds. The molecule has 0 radical (unpaired) electrons. The van der Waals surface area contributed by atoms with Gasteiger partial charge in [-0.1, -0.05) is 13.3 Å². The van der Waals surface area contributed by atoms with E-state index in [1.54, 1.807) is 5.29 Å². The Morgan fingerprint density at radius 1 is 1.47 bits per heavy atom. The average Bonchev–Trinajstić information content (AvgIpc) is 2.04. The second-order valence-electron chi connectivity index (χ2n) is 2.26. The van der Waals surface area contributed by atoms with Crippen LogP contribution < -0.4 is 22.6 Å². The number of aliphatic imine (C=N–C) groups is 1. The van der Waals surface area contributed by atoms with Crippen LogP contribution in [-0.4, -0.2) is 18.5 Å². The van der Waals surface area contributed by atoms with Gasteiger partial charge < -0.3 is 11.5 Å². The van der Waals surface area contributed by atoms with E-state index in [0.717, 1.165) is 12.8 Å². The Bertz CT molecular complexity index is 196. The van der Waals surface area contributed by atoms with E-state index in [0.29, 0.717) is 6.54 Å². The van der Waals surface area contributed by atoms with E-state index in [2.05, 4.69) is 23.1 Å². The van der Waals surface area contributed by atoms with Gasteiger partial charge in [0.1, 0.15) is 0 Å². The minimum atomic E-state index is -0.178. The molecule has 0 aliphatic rings. The second kappa shape index (κ2) is 14.9. The molecule has 0 bridgehead atoms. The Kier molecular flexibility index (Phi) is 19.0. The van der Waals surface area contributed by atoms with Gasteiger partial charge in [-0.25, -0.2) is 0 Å². The van der Waals surface area contributed by atoms with E-state index in [4.69, 9.17) is 21.8 Å². The quantitative estimate of drug-likeness (QED) is 0.113. The average molecular weight is 240 g/mol. The van der Waals surface area contributed by atoms with Crippen molar-refractivity contribution in [3.05, 3.63) is 4.91 Å². The van der Waals surface area contributed by atoms with Crippen LogP contribution in [0.1, 0.15) is 19.8 Å². The molecule has 15 heavy (non-hydrogen) atoms. The summed E-state index contributed by atoms with van der Waals surface area (Å²) in [6.07, 6.45) is 2.08. The molecule has 0 fully saturated rings. The highest BCUT2D eigenvalue weighted by Crippen LogP contribution is 1.85. The van der Waals surface area contributed by atoms with E-state index in [1.165, 1.54) is 0 Å². The predicted molar refractivity (Wildman–Crippen MR) is 63.7 cm³/mol. The number of nitroso groups, excluding NO2 is 1. The molecule has 8 nitrogen and oxygen atoms in total. The fraction of sp³-hybridized carbons (Fsp3) is 0.667. The highest BCUT2D eigenvalue weighted by molar-refractivity contribution is 5.95. The van der Waals surface area contributed by atoms with Crippen LogP contribution in [-0.2, 0) is 0 Å². The molecular weight excluding hydrogens is 222 g/mol. The second-order valence-corrected chi connectivity index (χ2v) is 2.26. The first kappa shape index (κ1) is 19.1. The van der Waals surface area contributed by atoms with Crippen LogP contribution in [0.3, 0.4) is 0 Å². The van der Waals surface area contributed by atoms with Gasteiger partial charge in [-0.3, -0.25) is 21.6 Å². The van der Waals surface area contributed by atoms with E-state index in [1.807, 2.05) is 0 Å². The third kappa shape index (κ3) is 24.5. The highest BCUT2D eigenvalue weighted by Gasteiger charge is 1.90. The van der Waals surface area contributed by atoms with Crippen LogP contribution in [0.2, 0.25) is 0 Å². The van der Waals surface area contributed by atoms with Crippen molar-refractivity contribution in [3.8, 4) is 0 Å². The first-order valence-electron chi connectivity index (χ1n) is 4.02. The van der Waals surface area contributed by atoms with Crippen molar-refractivity contribution >= 4 is 24.3 Å². The first-order valence-corrected chi connectivity index (χ1v) is 4.02. The van der Waals surface area contributed by atoms with Crippen molar-refractivity contribution in [2.24, 2.45) is 27.6 Å². The number of nitrogens with two attached hydrogens (primary N) is 3. The lowest BCUT2D eigenvalue weighted by Crippen LogP contribution is -2.40. The minimum Gasteiger partial charge on any atom is -0.370 e. The number of guanidine groups is 2. The van der Waals surface area contributed by atoms with Crippen molar-refractivity contribution in [2.45, 2.75) is 19.8 Å². The molecule has 0 aliphatic carbocycles. The number of unbranched alkanes of at least 4 members (excludes halogenated alkanes) is 1. The normalized spacial score (nSPS) is 9.00. The van der Waals surface area contributed by atoms with Gasteiger partial charge in [-0.2, -0.15) is 0 Å². The molecule has 90 valence electrons. The molecule has 0 unspecified atom stereocenters. The van der Waals surface area contributed by atoms with Gasteiger partial charge in [0.05, 0.1) is 0 Å². The van der Waals surface area contributed by atoms with Crippen molar-refractivity contribution in [2.75, 3.05) is 6.54 Å². The molecule has 0 aromatic rings. The van der Waals surface area contributed by atoms with Gasteiger partial charge in [0.25, 0.3) is 0 Å². The molecule has 0 spiro atoms. The zero-order valence-corrected chi connectivity index (χ0v) is 9.38. The SMILES string of the molecule is CCCCN=C(N)NC(=N)N.Cl.NN=O. The Labute approximate surface area is 94.5 Å². The molecule has 0 rings (SSSR count). The van der Waals surface area contributed by atoms with Crippen molar-refractivity contribution in [3.63, 3.8) is 0 Å². The number of rotatable bonds is 3. The molecule has 0 saturated carbocycles. The molecule has 0 aliphatic heterocycles. The van der Waals surface area contributed by atoms with Crippen LogP contribution in [0.25, 0.3) is 0 Å². The standard InChI is InChI=1S/C6H15N5.ClH.H2N2O/c1-2-3-4-10-6(9)11-5(7)8;;1-2-3/h2-4H2,1H3,(H6,7,8,9,10,11);1H;(H2,1,3). The van der Waals surface area contributed by atoms with Crippen LogP contribution >= 0.6 is 12.4 Å². The summed E-state index contributed by atoms with van der Waals surface area (Å²) in [7, 11) is 0. The van der Waals surface area contributed by atoms with Gasteiger partial charge >= 0.3 is 0 Å². The number of hydrogen-bond acceptors (Lipinski definition) is 4. The summed E-state index contributed by atoms with van der Waals surface area (Å²) in [6, 6.07) is 0.